The first kappa shape index (κ1) is 17.9. The molecule has 0 aliphatic carbocycles. The Balaban J connectivity index is 1.62. The number of nitrogens with one attached hydrogen (secondary N) is 2. The quantitative estimate of drug-likeness (QED) is 0.725. The lowest BCUT2D eigenvalue weighted by Crippen LogP contribution is -2.38. The first-order chi connectivity index (χ1) is 11.7. The van der Waals surface area contributed by atoms with Crippen molar-refractivity contribution in [1.29, 1.82) is 0 Å². The molecule has 0 aromatic heterocycles. The molecule has 2 amide bonds. The molecule has 128 valence electrons. The monoisotopic (exact) mass is 326 g/mol. The second-order valence-electron chi connectivity index (χ2n) is 5.85. The molecular formula is C20H26N2O2. The summed E-state index contributed by atoms with van der Waals surface area (Å²) in [5.74, 6) is 0.759. The van der Waals surface area contributed by atoms with Gasteiger partial charge in [0.15, 0.2) is 6.73 Å². The number of carbonyl (C=O) groups excluding carboxylic acids is 1. The highest BCUT2D eigenvalue weighted by Crippen LogP contribution is 2.12. The fourth-order valence-electron chi connectivity index (χ4n) is 2.48. The van der Waals surface area contributed by atoms with E-state index in [0.717, 1.165) is 25.0 Å². The lowest BCUT2D eigenvalue weighted by atomic mass is 10.1. The van der Waals surface area contributed by atoms with Crippen LogP contribution in [-0.2, 0) is 12.8 Å². The van der Waals surface area contributed by atoms with Crippen molar-refractivity contribution in [3.63, 3.8) is 0 Å². The maximum absolute atomic E-state index is 11.7. The van der Waals surface area contributed by atoms with E-state index in [2.05, 4.69) is 54.8 Å². The summed E-state index contributed by atoms with van der Waals surface area (Å²) in [6.07, 6.45) is 3.02. The average molecular weight is 326 g/mol. The van der Waals surface area contributed by atoms with E-state index < -0.39 is 0 Å². The number of amides is 2. The molecule has 0 spiro atoms. The van der Waals surface area contributed by atoms with Gasteiger partial charge in [0.25, 0.3) is 0 Å². The van der Waals surface area contributed by atoms with Crippen molar-refractivity contribution in [2.24, 2.45) is 0 Å². The largest absolute Gasteiger partial charge is 0.473 e. The molecule has 24 heavy (non-hydrogen) atoms. The van der Waals surface area contributed by atoms with E-state index in [9.17, 15) is 4.79 Å². The van der Waals surface area contributed by atoms with Crippen LogP contribution in [0.2, 0.25) is 0 Å². The Morgan fingerprint density at radius 3 is 2.50 bits per heavy atom. The Kier molecular flexibility index (Phi) is 7.15. The Labute approximate surface area is 144 Å². The summed E-state index contributed by atoms with van der Waals surface area (Å²) in [5, 5.41) is 5.53. The third-order valence-electron chi connectivity index (χ3n) is 3.72. The molecule has 2 rings (SSSR count). The fraction of sp³-hybridized carbons (Fsp3) is 0.350. The molecule has 2 aromatic carbocycles. The van der Waals surface area contributed by atoms with Gasteiger partial charge in [0.1, 0.15) is 5.75 Å². The van der Waals surface area contributed by atoms with E-state index in [1.54, 1.807) is 0 Å². The molecule has 2 N–H and O–H groups in total. The summed E-state index contributed by atoms with van der Waals surface area (Å²) in [6, 6.07) is 16.1. The van der Waals surface area contributed by atoms with Crippen LogP contribution in [0, 0.1) is 6.92 Å². The molecule has 0 atom stereocenters. The molecule has 0 unspecified atom stereocenters. The Bertz CT molecular complexity index is 638. The highest BCUT2D eigenvalue weighted by atomic mass is 16.5. The van der Waals surface area contributed by atoms with Crippen LogP contribution < -0.4 is 15.4 Å². The third kappa shape index (κ3) is 6.32. The first-order valence-electron chi connectivity index (χ1n) is 8.46. The molecule has 0 saturated heterocycles. The number of aryl methyl sites for hydroxylation is 2. The van der Waals surface area contributed by atoms with Crippen molar-refractivity contribution in [3.05, 3.63) is 65.2 Å². The van der Waals surface area contributed by atoms with E-state index >= 15 is 0 Å². The number of ether oxygens (including phenoxy) is 1. The van der Waals surface area contributed by atoms with Crippen LogP contribution in [0.4, 0.5) is 4.79 Å². The van der Waals surface area contributed by atoms with Gasteiger partial charge in [-0.25, -0.2) is 4.79 Å². The predicted octanol–water partition coefficient (Wildman–Crippen LogP) is 3.83. The predicted molar refractivity (Wildman–Crippen MR) is 97.3 cm³/mol. The number of hydrogen-bond acceptors (Lipinski definition) is 2. The van der Waals surface area contributed by atoms with Crippen molar-refractivity contribution in [2.45, 2.75) is 33.1 Å². The molecule has 0 radical (unpaired) electrons. The number of hydrogen-bond donors (Lipinski definition) is 2. The number of benzene rings is 2. The van der Waals surface area contributed by atoms with Crippen LogP contribution in [0.25, 0.3) is 0 Å². The molecule has 0 aliphatic rings. The van der Waals surface area contributed by atoms with Crippen molar-refractivity contribution < 1.29 is 9.53 Å². The molecule has 0 fully saturated rings. The van der Waals surface area contributed by atoms with E-state index in [1.807, 2.05) is 18.2 Å². The van der Waals surface area contributed by atoms with Crippen LogP contribution in [0.15, 0.2) is 48.5 Å². The summed E-state index contributed by atoms with van der Waals surface area (Å²) in [5.41, 5.74) is 3.75. The van der Waals surface area contributed by atoms with E-state index in [0.29, 0.717) is 6.54 Å². The number of rotatable bonds is 8. The minimum Gasteiger partial charge on any atom is -0.473 e. The fourth-order valence-corrected chi connectivity index (χ4v) is 2.48. The highest BCUT2D eigenvalue weighted by Gasteiger charge is 2.01. The molecule has 0 saturated carbocycles. The van der Waals surface area contributed by atoms with Gasteiger partial charge in [0.2, 0.25) is 0 Å². The summed E-state index contributed by atoms with van der Waals surface area (Å²) >= 11 is 0. The molecule has 4 heteroatoms. The minimum absolute atomic E-state index is 0.156. The Hall–Kier alpha value is -2.49. The first-order valence-corrected chi connectivity index (χ1v) is 8.46. The van der Waals surface area contributed by atoms with Gasteiger partial charge in [-0.3, -0.25) is 0 Å². The summed E-state index contributed by atoms with van der Waals surface area (Å²) in [6.45, 7) is 4.98. The second kappa shape index (κ2) is 9.60. The zero-order valence-electron chi connectivity index (χ0n) is 14.5. The maximum Gasteiger partial charge on any atom is 0.317 e. The zero-order valence-corrected chi connectivity index (χ0v) is 14.5. The van der Waals surface area contributed by atoms with Gasteiger partial charge >= 0.3 is 6.03 Å². The molecule has 4 nitrogen and oxygen atoms in total. The van der Waals surface area contributed by atoms with Gasteiger partial charge in [0.05, 0.1) is 0 Å². The van der Waals surface area contributed by atoms with Gasteiger partial charge in [-0.1, -0.05) is 55.3 Å². The van der Waals surface area contributed by atoms with Crippen LogP contribution in [0.5, 0.6) is 5.75 Å². The van der Waals surface area contributed by atoms with Crippen molar-refractivity contribution in [3.8, 4) is 5.75 Å². The Morgan fingerprint density at radius 2 is 1.79 bits per heavy atom. The van der Waals surface area contributed by atoms with Crippen LogP contribution >= 0.6 is 0 Å². The standard InChI is InChI=1S/C20H26N2O2/c1-3-5-17-8-10-19(11-9-17)24-15-22-20(23)21-13-12-18-7-4-6-16(2)14-18/h4,6-11,14H,3,5,12-13,15H2,1-2H3,(H2,21,22,23). The summed E-state index contributed by atoms with van der Waals surface area (Å²) in [7, 11) is 0. The van der Waals surface area contributed by atoms with Crippen LogP contribution in [0.3, 0.4) is 0 Å². The molecule has 0 bridgehead atoms. The van der Waals surface area contributed by atoms with Gasteiger partial charge in [0, 0.05) is 6.54 Å². The molecule has 2 aromatic rings. The lowest BCUT2D eigenvalue weighted by Gasteiger charge is -2.10. The van der Waals surface area contributed by atoms with Gasteiger partial charge in [-0.15, -0.1) is 0 Å². The Morgan fingerprint density at radius 1 is 1.00 bits per heavy atom. The van der Waals surface area contributed by atoms with Gasteiger partial charge in [-0.2, -0.15) is 0 Å². The number of carbonyl (C=O) groups is 1. The topological polar surface area (TPSA) is 50.4 Å². The molecule has 0 aliphatic heterocycles. The second-order valence-corrected chi connectivity index (χ2v) is 5.85. The molecule has 0 heterocycles. The van der Waals surface area contributed by atoms with Crippen LogP contribution in [-0.4, -0.2) is 19.3 Å². The highest BCUT2D eigenvalue weighted by molar-refractivity contribution is 5.73. The minimum atomic E-state index is -0.217. The normalized spacial score (nSPS) is 10.2. The summed E-state index contributed by atoms with van der Waals surface area (Å²) in [4.78, 5) is 11.7. The van der Waals surface area contributed by atoms with Crippen molar-refractivity contribution in [2.75, 3.05) is 13.3 Å². The average Bonchev–Trinajstić information content (AvgIpc) is 2.57. The van der Waals surface area contributed by atoms with E-state index in [1.165, 1.54) is 16.7 Å². The number of urea groups is 1. The van der Waals surface area contributed by atoms with Crippen LogP contribution in [0.1, 0.15) is 30.0 Å². The third-order valence-corrected chi connectivity index (χ3v) is 3.72. The van der Waals surface area contributed by atoms with Gasteiger partial charge < -0.3 is 15.4 Å². The SMILES string of the molecule is CCCc1ccc(OCNC(=O)NCCc2cccc(C)c2)cc1. The van der Waals surface area contributed by atoms with Crippen molar-refractivity contribution >= 4 is 6.03 Å². The smallest absolute Gasteiger partial charge is 0.317 e. The zero-order chi connectivity index (χ0) is 17.2. The molecular weight excluding hydrogens is 300 g/mol. The van der Waals surface area contributed by atoms with Crippen molar-refractivity contribution in [1.82, 2.24) is 10.6 Å². The summed E-state index contributed by atoms with van der Waals surface area (Å²) < 4.78 is 5.52. The van der Waals surface area contributed by atoms with E-state index in [-0.39, 0.29) is 12.8 Å². The lowest BCUT2D eigenvalue weighted by molar-refractivity contribution is 0.224. The van der Waals surface area contributed by atoms with Gasteiger partial charge in [-0.05, 0) is 43.0 Å². The van der Waals surface area contributed by atoms with E-state index in [4.69, 9.17) is 4.74 Å². The maximum atomic E-state index is 11.7.